The maximum atomic E-state index is 12.4. The van der Waals surface area contributed by atoms with Crippen molar-refractivity contribution >= 4 is 87.8 Å². The Morgan fingerprint density at radius 3 is 1.28 bits per heavy atom. The Kier molecular flexibility index (Phi) is 10.5. The molecule has 0 aromatic heterocycles. The van der Waals surface area contributed by atoms with Crippen molar-refractivity contribution in [1.29, 1.82) is 0 Å². The zero-order chi connectivity index (χ0) is 41.4. The number of benzene rings is 6. The zero-order valence-corrected chi connectivity index (χ0v) is 30.8. The van der Waals surface area contributed by atoms with Gasteiger partial charge in [-0.3, -0.25) is 9.11 Å². The summed E-state index contributed by atoms with van der Waals surface area (Å²) in [6.07, 6.45) is 0. The fourth-order valence-corrected chi connectivity index (χ4v) is 6.92. The maximum absolute atomic E-state index is 12.4. The van der Waals surface area contributed by atoms with Gasteiger partial charge in [-0.1, -0.05) is 0 Å². The number of ether oxygens (including phenoxy) is 2. The van der Waals surface area contributed by atoms with Crippen LogP contribution in [-0.2, 0) is 20.2 Å². The molecule has 0 atom stereocenters. The Bertz CT molecular complexity index is 2750. The number of carboxylic acids is 2. The van der Waals surface area contributed by atoms with Crippen LogP contribution in [-0.4, -0.2) is 72.5 Å². The van der Waals surface area contributed by atoms with Crippen LogP contribution in [0, 0.1) is 0 Å². The van der Waals surface area contributed by atoms with Crippen LogP contribution in [0.15, 0.2) is 115 Å². The molecular weight excluding hydrogens is 791 g/mol. The van der Waals surface area contributed by atoms with Crippen LogP contribution < -0.4 is 14.8 Å². The van der Waals surface area contributed by atoms with Crippen LogP contribution in [0.25, 0.3) is 21.5 Å². The minimum absolute atomic E-state index is 0.0127. The Morgan fingerprint density at radius 2 is 0.947 bits per heavy atom. The zero-order valence-electron chi connectivity index (χ0n) is 29.1. The smallest absolute Gasteiger partial charge is 0.335 e. The first-order valence-corrected chi connectivity index (χ1v) is 18.7. The van der Waals surface area contributed by atoms with Crippen molar-refractivity contribution in [1.82, 2.24) is 0 Å². The van der Waals surface area contributed by atoms with Crippen LogP contribution in [0.3, 0.4) is 0 Å². The summed E-state index contributed by atoms with van der Waals surface area (Å²) in [4.78, 5) is 21.0. The molecule has 0 aliphatic carbocycles. The van der Waals surface area contributed by atoms with Gasteiger partial charge in [0.25, 0.3) is 20.2 Å². The lowest BCUT2D eigenvalue weighted by Crippen LogP contribution is -2.00. The lowest BCUT2D eigenvalue weighted by molar-refractivity contribution is 0.0686. The fourth-order valence-electron chi connectivity index (χ4n) is 5.61. The van der Waals surface area contributed by atoms with Crippen LogP contribution in [0.5, 0.6) is 23.0 Å². The predicted molar refractivity (Wildman–Crippen MR) is 202 cm³/mol. The van der Waals surface area contributed by atoms with Gasteiger partial charge in [0.05, 0.1) is 25.3 Å². The minimum atomic E-state index is -5.01. The van der Waals surface area contributed by atoms with E-state index in [9.17, 15) is 56.0 Å². The van der Waals surface area contributed by atoms with E-state index in [-0.39, 0.29) is 55.5 Å². The van der Waals surface area contributed by atoms with Gasteiger partial charge in [0, 0.05) is 22.1 Å². The van der Waals surface area contributed by atoms with Crippen molar-refractivity contribution in [2.24, 2.45) is 20.5 Å². The van der Waals surface area contributed by atoms with Gasteiger partial charge in [-0.2, -0.15) is 16.8 Å². The number of hydrogen-bond donors (Lipinski definition) is 7. The van der Waals surface area contributed by atoms with Crippen molar-refractivity contribution in [3.63, 3.8) is 0 Å². The number of rotatable bonds is 12. The maximum Gasteiger partial charge on any atom is 0.335 e. The number of anilines is 2. The second-order valence-electron chi connectivity index (χ2n) is 11.9. The van der Waals surface area contributed by atoms with E-state index in [1.165, 1.54) is 74.9 Å². The second kappa shape index (κ2) is 15.1. The van der Waals surface area contributed by atoms with E-state index in [0.717, 1.165) is 24.3 Å². The number of nitrogens with one attached hydrogen (secondary N) is 1. The van der Waals surface area contributed by atoms with E-state index in [1.807, 2.05) is 0 Å². The highest BCUT2D eigenvalue weighted by atomic mass is 32.2. The summed E-state index contributed by atoms with van der Waals surface area (Å²) in [5.74, 6) is -3.85. The second-order valence-corrected chi connectivity index (χ2v) is 14.7. The number of methoxy groups -OCH3 is 2. The quantitative estimate of drug-likeness (QED) is 0.0456. The number of fused-ring (bicyclic) bond motifs is 2. The number of phenols is 2. The van der Waals surface area contributed by atoms with Crippen LogP contribution >= 0.6 is 0 Å². The Hall–Kier alpha value is -7.20. The van der Waals surface area contributed by atoms with E-state index < -0.39 is 64.8 Å². The Morgan fingerprint density at radius 1 is 0.561 bits per heavy atom. The average molecular weight is 818 g/mol. The lowest BCUT2D eigenvalue weighted by Gasteiger charge is -2.13. The molecule has 0 aliphatic rings. The highest BCUT2D eigenvalue weighted by Crippen LogP contribution is 2.45. The molecule has 19 nitrogen and oxygen atoms in total. The van der Waals surface area contributed by atoms with Gasteiger partial charge in [-0.25, -0.2) is 9.59 Å². The summed E-state index contributed by atoms with van der Waals surface area (Å²) in [5, 5.41) is 59.7. The molecule has 7 N–H and O–H groups in total. The average Bonchev–Trinajstić information content (AvgIpc) is 3.15. The summed E-state index contributed by atoms with van der Waals surface area (Å²) in [7, 11) is -7.53. The van der Waals surface area contributed by atoms with Crippen molar-refractivity contribution in [2.75, 3.05) is 19.5 Å². The van der Waals surface area contributed by atoms with Gasteiger partial charge in [-0.15, -0.1) is 20.5 Å². The van der Waals surface area contributed by atoms with Gasteiger partial charge in [0.1, 0.15) is 44.0 Å². The van der Waals surface area contributed by atoms with Gasteiger partial charge in [0.2, 0.25) is 0 Å². The first-order chi connectivity index (χ1) is 26.9. The third kappa shape index (κ3) is 8.11. The van der Waals surface area contributed by atoms with E-state index in [1.54, 1.807) is 0 Å². The molecule has 0 spiro atoms. The summed E-state index contributed by atoms with van der Waals surface area (Å²) in [6.45, 7) is 0. The largest absolute Gasteiger partial charge is 0.505 e. The molecule has 6 rings (SSSR count). The summed E-state index contributed by atoms with van der Waals surface area (Å²) < 4.78 is 80.2. The molecule has 292 valence electrons. The molecule has 21 heteroatoms. The number of aromatic carboxylic acids is 2. The molecule has 0 amide bonds. The number of azo groups is 2. The molecule has 0 saturated heterocycles. The summed E-state index contributed by atoms with van der Waals surface area (Å²) >= 11 is 0. The highest BCUT2D eigenvalue weighted by Gasteiger charge is 2.24. The van der Waals surface area contributed by atoms with Gasteiger partial charge < -0.3 is 35.2 Å². The van der Waals surface area contributed by atoms with Crippen LogP contribution in [0.4, 0.5) is 34.1 Å². The first-order valence-electron chi connectivity index (χ1n) is 15.9. The van der Waals surface area contributed by atoms with Crippen LogP contribution in [0.2, 0.25) is 0 Å². The number of carbonyl (C=O) groups is 2. The number of phenolic OH excluding ortho intramolecular Hbond substituents is 2. The molecule has 57 heavy (non-hydrogen) atoms. The standard InChI is InChI=1S/C36H27N5O14S2/c1-54-27-13-17(35(44)45)3-9-25(27)38-40-31-29(56(48,49)50)15-19-11-21(5-7-23(19)33(31)42)37-22-6-8-24-20(12-22)16-30(57(51,52)53)32(34(24)43)41-39-26-10-4-18(36(46)47)14-28(26)55-2/h3-16,37,42-43H,1-2H3,(H,44,45)(H,46,47)(H,48,49,50)(H,51,52,53). The molecule has 0 aliphatic heterocycles. The molecule has 0 saturated carbocycles. The Balaban J connectivity index is 1.36. The predicted octanol–water partition coefficient (Wildman–Crippen LogP) is 7.89. The van der Waals surface area contributed by atoms with Gasteiger partial charge in [-0.05, 0) is 95.7 Å². The normalized spacial score (nSPS) is 12.1. The van der Waals surface area contributed by atoms with Gasteiger partial charge >= 0.3 is 11.9 Å². The molecular formula is C36H27N5O14S2. The topological polar surface area (TPSA) is 304 Å². The van der Waals surface area contributed by atoms with Crippen molar-refractivity contribution in [3.8, 4) is 23.0 Å². The molecule has 0 heterocycles. The summed E-state index contributed by atoms with van der Waals surface area (Å²) in [5.41, 5.74) is -0.874. The monoisotopic (exact) mass is 817 g/mol. The third-order valence-corrected chi connectivity index (χ3v) is 10.0. The molecule has 6 aromatic carbocycles. The molecule has 6 aromatic rings. The molecule has 0 bridgehead atoms. The van der Waals surface area contributed by atoms with Gasteiger partial charge in [0.15, 0.2) is 11.5 Å². The minimum Gasteiger partial charge on any atom is -0.505 e. The van der Waals surface area contributed by atoms with E-state index in [0.29, 0.717) is 11.4 Å². The summed E-state index contributed by atoms with van der Waals surface area (Å²) in [6, 6.07) is 18.0. The number of carboxylic acid groups (broad SMARTS) is 2. The number of nitrogens with zero attached hydrogens (tertiary/aromatic N) is 4. The molecule has 0 fully saturated rings. The molecule has 0 radical (unpaired) electrons. The highest BCUT2D eigenvalue weighted by molar-refractivity contribution is 7.86. The number of aromatic hydroxyl groups is 2. The van der Waals surface area contributed by atoms with Crippen LogP contribution in [0.1, 0.15) is 20.7 Å². The van der Waals surface area contributed by atoms with E-state index in [4.69, 9.17) is 9.47 Å². The molecule has 0 unspecified atom stereocenters. The third-order valence-electron chi connectivity index (χ3n) is 8.32. The van der Waals surface area contributed by atoms with E-state index >= 15 is 0 Å². The van der Waals surface area contributed by atoms with Crippen molar-refractivity contribution in [2.45, 2.75) is 9.79 Å². The first kappa shape index (κ1) is 39.5. The lowest BCUT2D eigenvalue weighted by atomic mass is 10.1. The number of hydrogen-bond acceptors (Lipinski definition) is 15. The van der Waals surface area contributed by atoms with E-state index in [2.05, 4.69) is 25.8 Å². The van der Waals surface area contributed by atoms with Crippen molar-refractivity contribution in [3.05, 3.63) is 96.1 Å². The SMILES string of the molecule is COc1cc(C(=O)O)ccc1N=Nc1c(S(=O)(=O)O)cc2cc(Nc3ccc4c(O)c(N=Nc5ccc(C(=O)O)cc5OC)c(S(=O)(=O)O)cc4c3)ccc2c1O. The van der Waals surface area contributed by atoms with Crippen molar-refractivity contribution < 1.29 is 65.4 Å². The Labute approximate surface area is 321 Å². The fraction of sp³-hybridized carbons (Fsp3) is 0.0556.